The maximum atomic E-state index is 6.05. The van der Waals surface area contributed by atoms with Crippen LogP contribution in [0, 0.1) is 0 Å². The van der Waals surface area contributed by atoms with Gasteiger partial charge in [0.25, 0.3) is 0 Å². The summed E-state index contributed by atoms with van der Waals surface area (Å²) in [6.07, 6.45) is 5.01. The normalized spacial score (nSPS) is 19.3. The highest BCUT2D eigenvalue weighted by molar-refractivity contribution is 5.77. The summed E-state index contributed by atoms with van der Waals surface area (Å²) in [6.45, 7) is 6.16. The first-order chi connectivity index (χ1) is 12.1. The molecule has 0 saturated carbocycles. The van der Waals surface area contributed by atoms with Crippen LogP contribution < -0.4 is 11.1 Å². The Bertz CT molecular complexity index is 722. The van der Waals surface area contributed by atoms with Crippen molar-refractivity contribution in [2.45, 2.75) is 44.4 Å². The molecule has 1 aromatic heterocycles. The topological polar surface area (TPSA) is 63.3 Å². The predicted molar refractivity (Wildman–Crippen MR) is 104 cm³/mol. The lowest BCUT2D eigenvalue weighted by atomic mass is 9.69. The van der Waals surface area contributed by atoms with Gasteiger partial charge in [-0.3, -0.25) is 9.98 Å². The number of nitrogens with two attached hydrogens (primary N) is 1. The molecule has 0 amide bonds. The first-order valence-electron chi connectivity index (χ1n) is 9.09. The maximum Gasteiger partial charge on any atom is 0.188 e. The maximum absolute atomic E-state index is 6.05. The number of hydrogen-bond donors (Lipinski definition) is 2. The fourth-order valence-electron chi connectivity index (χ4n) is 3.61. The molecule has 1 aliphatic carbocycles. The molecule has 1 aliphatic rings. The number of aromatic nitrogens is 1. The van der Waals surface area contributed by atoms with Crippen LogP contribution in [-0.4, -0.2) is 24.0 Å². The number of aliphatic imine (C=N–C) groups is 1. The fourth-order valence-corrected chi connectivity index (χ4v) is 3.61. The van der Waals surface area contributed by atoms with Crippen LogP contribution in [0.5, 0.6) is 0 Å². The molecule has 4 heteroatoms. The number of pyridine rings is 1. The Kier molecular flexibility index (Phi) is 5.37. The highest BCUT2D eigenvalue weighted by Crippen LogP contribution is 2.42. The highest BCUT2D eigenvalue weighted by Gasteiger charge is 2.31. The van der Waals surface area contributed by atoms with Crippen LogP contribution in [0.3, 0.4) is 0 Å². The molecule has 1 heterocycles. The van der Waals surface area contributed by atoms with Gasteiger partial charge in [-0.05, 0) is 41.5 Å². The summed E-state index contributed by atoms with van der Waals surface area (Å²) in [5.74, 6) is 0.985. The summed E-state index contributed by atoms with van der Waals surface area (Å²) in [4.78, 5) is 8.90. The fraction of sp³-hybridized carbons (Fsp3) is 0.429. The second kappa shape index (κ2) is 7.68. The van der Waals surface area contributed by atoms with Crippen molar-refractivity contribution < 1.29 is 0 Å². The van der Waals surface area contributed by atoms with Crippen LogP contribution in [-0.2, 0) is 11.8 Å². The van der Waals surface area contributed by atoms with Crippen molar-refractivity contribution in [2.75, 3.05) is 13.1 Å². The van der Waals surface area contributed by atoms with E-state index in [9.17, 15) is 0 Å². The highest BCUT2D eigenvalue weighted by atomic mass is 15.1. The summed E-state index contributed by atoms with van der Waals surface area (Å²) < 4.78 is 0. The molecule has 0 radical (unpaired) electrons. The van der Waals surface area contributed by atoms with E-state index in [2.05, 4.69) is 53.4 Å². The molecule has 132 valence electrons. The molecule has 2 aromatic rings. The molecule has 1 atom stereocenters. The van der Waals surface area contributed by atoms with E-state index in [1.165, 1.54) is 17.5 Å². The van der Waals surface area contributed by atoms with Crippen molar-refractivity contribution in [1.82, 2.24) is 10.3 Å². The van der Waals surface area contributed by atoms with Gasteiger partial charge in [0, 0.05) is 37.3 Å². The Labute approximate surface area is 150 Å². The number of benzene rings is 1. The molecule has 3 N–H and O–H groups in total. The number of rotatable bonds is 5. The van der Waals surface area contributed by atoms with E-state index < -0.39 is 0 Å². The van der Waals surface area contributed by atoms with Gasteiger partial charge in [-0.1, -0.05) is 44.2 Å². The third kappa shape index (κ3) is 4.38. The number of guanidine groups is 1. The van der Waals surface area contributed by atoms with Crippen molar-refractivity contribution in [2.24, 2.45) is 10.7 Å². The van der Waals surface area contributed by atoms with E-state index >= 15 is 0 Å². The lowest BCUT2D eigenvalue weighted by molar-refractivity contribution is 0.395. The van der Waals surface area contributed by atoms with Gasteiger partial charge >= 0.3 is 0 Å². The molecular weight excluding hydrogens is 308 g/mol. The lowest BCUT2D eigenvalue weighted by Crippen LogP contribution is -2.34. The molecule has 0 fully saturated rings. The number of nitrogens with one attached hydrogen (secondary N) is 1. The van der Waals surface area contributed by atoms with Crippen molar-refractivity contribution >= 4 is 5.96 Å². The number of hydrogen-bond acceptors (Lipinski definition) is 2. The Morgan fingerprint density at radius 1 is 1.24 bits per heavy atom. The summed E-state index contributed by atoms with van der Waals surface area (Å²) in [5, 5.41) is 3.20. The predicted octanol–water partition coefficient (Wildman–Crippen LogP) is 3.38. The average molecular weight is 336 g/mol. The van der Waals surface area contributed by atoms with Crippen molar-refractivity contribution in [3.63, 3.8) is 0 Å². The zero-order chi connectivity index (χ0) is 17.7. The Balaban J connectivity index is 1.56. The van der Waals surface area contributed by atoms with Crippen molar-refractivity contribution in [1.29, 1.82) is 0 Å². The molecule has 3 rings (SSSR count). The van der Waals surface area contributed by atoms with Crippen LogP contribution >= 0.6 is 0 Å². The van der Waals surface area contributed by atoms with Gasteiger partial charge in [-0.15, -0.1) is 0 Å². The van der Waals surface area contributed by atoms with E-state index in [0.29, 0.717) is 11.9 Å². The zero-order valence-electron chi connectivity index (χ0n) is 15.2. The van der Waals surface area contributed by atoms with Crippen LogP contribution in [0.15, 0.2) is 53.7 Å². The van der Waals surface area contributed by atoms with E-state index in [4.69, 9.17) is 5.73 Å². The summed E-state index contributed by atoms with van der Waals surface area (Å²) in [5.41, 5.74) is 10.3. The lowest BCUT2D eigenvalue weighted by Gasteiger charge is -2.36. The smallest absolute Gasteiger partial charge is 0.188 e. The van der Waals surface area contributed by atoms with Crippen LogP contribution in [0.4, 0.5) is 0 Å². The van der Waals surface area contributed by atoms with Gasteiger partial charge in [0.1, 0.15) is 0 Å². The molecule has 25 heavy (non-hydrogen) atoms. The second-order valence-electron chi connectivity index (χ2n) is 7.43. The first kappa shape index (κ1) is 17.5. The zero-order valence-corrected chi connectivity index (χ0v) is 15.2. The molecular formula is C21H28N4. The molecule has 1 unspecified atom stereocenters. The summed E-state index contributed by atoms with van der Waals surface area (Å²) in [7, 11) is 0. The minimum Gasteiger partial charge on any atom is -0.370 e. The van der Waals surface area contributed by atoms with Gasteiger partial charge in [-0.25, -0.2) is 0 Å². The largest absolute Gasteiger partial charge is 0.370 e. The third-order valence-electron chi connectivity index (χ3n) is 5.14. The van der Waals surface area contributed by atoms with E-state index in [-0.39, 0.29) is 5.41 Å². The minimum atomic E-state index is 0.253. The van der Waals surface area contributed by atoms with Crippen molar-refractivity contribution in [3.8, 4) is 0 Å². The molecule has 4 nitrogen and oxygen atoms in total. The molecule has 1 aromatic carbocycles. The van der Waals surface area contributed by atoms with Crippen molar-refractivity contribution in [3.05, 3.63) is 65.5 Å². The van der Waals surface area contributed by atoms with Gasteiger partial charge in [0.15, 0.2) is 5.96 Å². The van der Waals surface area contributed by atoms with E-state index in [0.717, 1.165) is 31.6 Å². The van der Waals surface area contributed by atoms with Gasteiger partial charge in [0.2, 0.25) is 0 Å². The number of nitrogens with zero attached hydrogens (tertiary/aromatic N) is 2. The molecule has 0 saturated heterocycles. The molecule has 0 bridgehead atoms. The van der Waals surface area contributed by atoms with Gasteiger partial charge in [0.05, 0.1) is 0 Å². The molecule has 0 aliphatic heterocycles. The van der Waals surface area contributed by atoms with Crippen LogP contribution in [0.25, 0.3) is 0 Å². The van der Waals surface area contributed by atoms with E-state index in [1.54, 1.807) is 0 Å². The van der Waals surface area contributed by atoms with Crippen LogP contribution in [0.2, 0.25) is 0 Å². The third-order valence-corrected chi connectivity index (χ3v) is 5.14. The Morgan fingerprint density at radius 3 is 2.84 bits per heavy atom. The average Bonchev–Trinajstić information content (AvgIpc) is 2.62. The van der Waals surface area contributed by atoms with E-state index in [1.807, 2.05) is 24.4 Å². The summed E-state index contributed by atoms with van der Waals surface area (Å²) in [6, 6.07) is 14.7. The van der Waals surface area contributed by atoms with Gasteiger partial charge < -0.3 is 11.1 Å². The Hall–Kier alpha value is -2.36. The minimum absolute atomic E-state index is 0.253. The molecule has 0 spiro atoms. The summed E-state index contributed by atoms with van der Waals surface area (Å²) >= 11 is 0. The quantitative estimate of drug-likeness (QED) is 0.650. The number of fused-ring (bicyclic) bond motifs is 1. The Morgan fingerprint density at radius 2 is 2.04 bits per heavy atom. The standard InChI is InChI=1S/C21H28N4/c1-21(2)12-10-16(18-8-3-4-9-19(18)21)15-25-20(22)24-14-11-17-7-5-6-13-23-17/h3-9,13,16H,10-12,14-15H2,1-2H3,(H3,22,24,25). The van der Waals surface area contributed by atoms with Crippen LogP contribution in [0.1, 0.15) is 49.4 Å². The first-order valence-corrected chi connectivity index (χ1v) is 9.09. The SMILES string of the molecule is CC1(C)CCC(CN=C(N)NCCc2ccccn2)c2ccccc21. The second-order valence-corrected chi connectivity index (χ2v) is 7.43. The van der Waals surface area contributed by atoms with Gasteiger partial charge in [-0.2, -0.15) is 0 Å². The monoisotopic (exact) mass is 336 g/mol.